The fourth-order valence-corrected chi connectivity index (χ4v) is 1.73. The number of hydrogen-bond donors (Lipinski definition) is 1. The van der Waals surface area contributed by atoms with Crippen LogP contribution < -0.4 is 5.73 Å². The van der Waals surface area contributed by atoms with Crippen LogP contribution in [0.15, 0.2) is 42.5 Å². The molecule has 0 atom stereocenters. The molecule has 16 heavy (non-hydrogen) atoms. The van der Waals surface area contributed by atoms with Crippen molar-refractivity contribution in [2.75, 3.05) is 5.73 Å². The zero-order valence-electron chi connectivity index (χ0n) is 8.85. The van der Waals surface area contributed by atoms with Gasteiger partial charge in [-0.3, -0.25) is 0 Å². The summed E-state index contributed by atoms with van der Waals surface area (Å²) in [7, 11) is 0. The fraction of sp³-hybridized carbons (Fsp3) is 0.0714. The number of nitrogens with zero attached hydrogens (tertiary/aromatic N) is 1. The molecule has 78 valence electrons. The second-order valence-corrected chi connectivity index (χ2v) is 3.55. The van der Waals surface area contributed by atoms with Crippen LogP contribution in [0, 0.1) is 11.3 Å². The second-order valence-electron chi connectivity index (χ2n) is 3.55. The molecule has 0 saturated carbocycles. The molecule has 0 aromatic heterocycles. The van der Waals surface area contributed by atoms with Crippen LogP contribution in [0.2, 0.25) is 0 Å². The minimum atomic E-state index is 0.429. The van der Waals surface area contributed by atoms with Gasteiger partial charge in [0, 0.05) is 11.1 Å². The summed E-state index contributed by atoms with van der Waals surface area (Å²) >= 11 is 0. The highest BCUT2D eigenvalue weighted by Gasteiger charge is 2.00. The zero-order chi connectivity index (χ0) is 11.4. The van der Waals surface area contributed by atoms with Crippen molar-refractivity contribution in [1.82, 2.24) is 0 Å². The summed E-state index contributed by atoms with van der Waals surface area (Å²) in [6.45, 7) is 0. The number of nitrogens with two attached hydrogens (primary N) is 1. The van der Waals surface area contributed by atoms with Gasteiger partial charge in [0.15, 0.2) is 0 Å². The molecule has 0 heterocycles. The smallest absolute Gasteiger partial charge is 0.0663 e. The van der Waals surface area contributed by atoms with Crippen LogP contribution in [-0.2, 0) is 0 Å². The Morgan fingerprint density at radius 1 is 1.12 bits per heavy atom. The molecule has 0 fully saturated rings. The molecule has 0 aliphatic carbocycles. The Morgan fingerprint density at radius 2 is 1.88 bits per heavy atom. The second kappa shape index (κ2) is 4.50. The van der Waals surface area contributed by atoms with E-state index in [9.17, 15) is 0 Å². The largest absolute Gasteiger partial charge is 0.398 e. The molecule has 0 saturated heterocycles. The molecule has 0 unspecified atom stereocenters. The standard InChI is InChI=1S/C14H12N2/c15-10-4-3-5-11-8-9-14(16)13-7-2-1-6-12(11)13/h1-3,5-9H,4,16H2. The first-order valence-electron chi connectivity index (χ1n) is 5.13. The summed E-state index contributed by atoms with van der Waals surface area (Å²) < 4.78 is 0. The van der Waals surface area contributed by atoms with E-state index in [2.05, 4.69) is 6.07 Å². The predicted octanol–water partition coefficient (Wildman–Crippen LogP) is 3.35. The van der Waals surface area contributed by atoms with Crippen LogP contribution in [-0.4, -0.2) is 0 Å². The maximum absolute atomic E-state index is 8.48. The van der Waals surface area contributed by atoms with Gasteiger partial charge in [-0.2, -0.15) is 5.26 Å². The summed E-state index contributed by atoms with van der Waals surface area (Å²) in [6.07, 6.45) is 4.25. The summed E-state index contributed by atoms with van der Waals surface area (Å²) in [4.78, 5) is 0. The molecule has 2 rings (SSSR count). The molecule has 0 aliphatic heterocycles. The molecule has 0 aliphatic rings. The van der Waals surface area contributed by atoms with Crippen molar-refractivity contribution in [2.24, 2.45) is 0 Å². The van der Waals surface area contributed by atoms with E-state index in [-0.39, 0.29) is 0 Å². The summed E-state index contributed by atoms with van der Waals surface area (Å²) in [5.41, 5.74) is 7.79. The quantitative estimate of drug-likeness (QED) is 0.769. The highest BCUT2D eigenvalue weighted by molar-refractivity contribution is 5.98. The van der Waals surface area contributed by atoms with E-state index >= 15 is 0 Å². The maximum Gasteiger partial charge on any atom is 0.0663 e. The third kappa shape index (κ3) is 1.89. The molecular weight excluding hydrogens is 196 g/mol. The molecule has 2 heteroatoms. The Bertz CT molecular complexity index is 577. The molecule has 0 bridgehead atoms. The van der Waals surface area contributed by atoms with Crippen LogP contribution in [0.25, 0.3) is 16.8 Å². The van der Waals surface area contributed by atoms with Gasteiger partial charge in [0.25, 0.3) is 0 Å². The molecule has 0 radical (unpaired) electrons. The van der Waals surface area contributed by atoms with Crippen molar-refractivity contribution in [3.63, 3.8) is 0 Å². The number of hydrogen-bond acceptors (Lipinski definition) is 2. The Hall–Kier alpha value is -2.27. The van der Waals surface area contributed by atoms with Crippen LogP contribution in [0.5, 0.6) is 0 Å². The zero-order valence-corrected chi connectivity index (χ0v) is 8.85. The number of nitriles is 1. The molecule has 2 aromatic rings. The van der Waals surface area contributed by atoms with Crippen molar-refractivity contribution in [1.29, 1.82) is 5.26 Å². The van der Waals surface area contributed by atoms with Gasteiger partial charge < -0.3 is 5.73 Å². The van der Waals surface area contributed by atoms with E-state index in [1.165, 1.54) is 0 Å². The third-order valence-electron chi connectivity index (χ3n) is 2.50. The average Bonchev–Trinajstić information content (AvgIpc) is 2.33. The minimum absolute atomic E-state index is 0.429. The lowest BCUT2D eigenvalue weighted by Crippen LogP contribution is -1.88. The molecule has 0 amide bonds. The Morgan fingerprint density at radius 3 is 2.62 bits per heavy atom. The van der Waals surface area contributed by atoms with E-state index < -0.39 is 0 Å². The maximum atomic E-state index is 8.48. The Kier molecular flexibility index (Phi) is 2.88. The van der Waals surface area contributed by atoms with E-state index in [0.717, 1.165) is 22.0 Å². The van der Waals surface area contributed by atoms with Gasteiger partial charge in [-0.15, -0.1) is 0 Å². The fourth-order valence-electron chi connectivity index (χ4n) is 1.73. The Balaban J connectivity index is 2.55. The lowest BCUT2D eigenvalue weighted by molar-refractivity contribution is 1.36. The summed E-state index contributed by atoms with van der Waals surface area (Å²) in [6, 6.07) is 14.0. The molecule has 2 nitrogen and oxygen atoms in total. The highest BCUT2D eigenvalue weighted by atomic mass is 14.5. The van der Waals surface area contributed by atoms with E-state index in [1.54, 1.807) is 0 Å². The Labute approximate surface area is 94.6 Å². The van der Waals surface area contributed by atoms with Crippen molar-refractivity contribution in [3.05, 3.63) is 48.0 Å². The minimum Gasteiger partial charge on any atom is -0.398 e. The number of fused-ring (bicyclic) bond motifs is 1. The van der Waals surface area contributed by atoms with Crippen molar-refractivity contribution < 1.29 is 0 Å². The molecule has 2 aromatic carbocycles. The third-order valence-corrected chi connectivity index (χ3v) is 2.50. The first kappa shape index (κ1) is 10.3. The average molecular weight is 208 g/mol. The predicted molar refractivity (Wildman–Crippen MR) is 67.6 cm³/mol. The molecule has 2 N–H and O–H groups in total. The van der Waals surface area contributed by atoms with Gasteiger partial charge in [0.1, 0.15) is 0 Å². The van der Waals surface area contributed by atoms with Gasteiger partial charge in [-0.25, -0.2) is 0 Å². The van der Waals surface area contributed by atoms with Crippen LogP contribution in [0.3, 0.4) is 0 Å². The van der Waals surface area contributed by atoms with E-state index in [1.807, 2.05) is 48.6 Å². The first-order valence-corrected chi connectivity index (χ1v) is 5.13. The van der Waals surface area contributed by atoms with Crippen LogP contribution >= 0.6 is 0 Å². The normalized spacial score (nSPS) is 10.7. The highest BCUT2D eigenvalue weighted by Crippen LogP contribution is 2.25. The van der Waals surface area contributed by atoms with Gasteiger partial charge in [-0.1, -0.05) is 42.5 Å². The number of benzene rings is 2. The monoisotopic (exact) mass is 208 g/mol. The van der Waals surface area contributed by atoms with Gasteiger partial charge >= 0.3 is 0 Å². The lowest BCUT2D eigenvalue weighted by atomic mass is 10.0. The first-order chi connectivity index (χ1) is 7.83. The SMILES string of the molecule is N#CCC=Cc1ccc(N)c2ccccc12. The van der Waals surface area contributed by atoms with Crippen LogP contribution in [0.4, 0.5) is 5.69 Å². The van der Waals surface area contributed by atoms with Crippen molar-refractivity contribution in [2.45, 2.75) is 6.42 Å². The number of allylic oxidation sites excluding steroid dienone is 1. The summed E-state index contributed by atoms with van der Waals surface area (Å²) in [5, 5.41) is 10.7. The van der Waals surface area contributed by atoms with E-state index in [0.29, 0.717) is 6.42 Å². The molecule has 0 spiro atoms. The lowest BCUT2D eigenvalue weighted by Gasteiger charge is -2.04. The number of nitrogen functional groups attached to an aromatic ring is 1. The summed E-state index contributed by atoms with van der Waals surface area (Å²) in [5.74, 6) is 0. The number of rotatable bonds is 2. The van der Waals surface area contributed by atoms with E-state index in [4.69, 9.17) is 11.0 Å². The van der Waals surface area contributed by atoms with Gasteiger partial charge in [-0.05, 0) is 17.0 Å². The molecular formula is C14H12N2. The van der Waals surface area contributed by atoms with Gasteiger partial charge in [0.05, 0.1) is 12.5 Å². The number of anilines is 1. The van der Waals surface area contributed by atoms with Crippen molar-refractivity contribution in [3.8, 4) is 6.07 Å². The van der Waals surface area contributed by atoms with Crippen LogP contribution in [0.1, 0.15) is 12.0 Å². The van der Waals surface area contributed by atoms with Crippen molar-refractivity contribution >= 4 is 22.5 Å². The van der Waals surface area contributed by atoms with Gasteiger partial charge in [0.2, 0.25) is 0 Å². The topological polar surface area (TPSA) is 49.8 Å².